The first kappa shape index (κ1) is 22.3. The molecule has 2 rings (SSSR count). The predicted molar refractivity (Wildman–Crippen MR) is 116 cm³/mol. The largest absolute Gasteiger partial charge is 0.492 e. The fourth-order valence-corrected chi connectivity index (χ4v) is 2.72. The first-order valence-electron chi connectivity index (χ1n) is 10.0. The van der Waals surface area contributed by atoms with Crippen molar-refractivity contribution in [1.82, 2.24) is 0 Å². The Labute approximate surface area is 172 Å². The van der Waals surface area contributed by atoms with Crippen LogP contribution in [0.5, 0.6) is 11.5 Å². The molecule has 0 saturated heterocycles. The molecule has 0 fully saturated rings. The smallest absolute Gasteiger partial charge is 0.255 e. The molecule has 2 N–H and O–H groups in total. The summed E-state index contributed by atoms with van der Waals surface area (Å²) in [7, 11) is 0. The summed E-state index contributed by atoms with van der Waals surface area (Å²) in [6, 6.07) is 12.3. The van der Waals surface area contributed by atoms with Crippen molar-refractivity contribution in [2.24, 2.45) is 5.92 Å². The Bertz CT molecular complexity index is 819. The molecule has 0 aliphatic rings. The number of carbonyl (C=O) groups is 2. The zero-order valence-electron chi connectivity index (χ0n) is 17.6. The standard InChI is InChI=1S/C23H30N2O4/c1-5-28-20-15-19(25-23(27)17-10-8-7-9-11-17)21(29-6-2)14-18(20)24-22(26)13-12-16(3)4/h7-11,14-16H,5-6,12-13H2,1-4H3,(H,24,26)(H,25,27). The molecule has 6 nitrogen and oxygen atoms in total. The number of carbonyl (C=O) groups excluding carboxylic acids is 2. The maximum Gasteiger partial charge on any atom is 0.255 e. The highest BCUT2D eigenvalue weighted by molar-refractivity contribution is 6.05. The van der Waals surface area contributed by atoms with Crippen molar-refractivity contribution in [3.63, 3.8) is 0 Å². The molecule has 0 unspecified atom stereocenters. The lowest BCUT2D eigenvalue weighted by molar-refractivity contribution is -0.116. The van der Waals surface area contributed by atoms with Gasteiger partial charge in [-0.15, -0.1) is 0 Å². The van der Waals surface area contributed by atoms with Crippen LogP contribution < -0.4 is 20.1 Å². The third-order valence-electron chi connectivity index (χ3n) is 4.19. The van der Waals surface area contributed by atoms with Crippen LogP contribution in [-0.4, -0.2) is 25.0 Å². The highest BCUT2D eigenvalue weighted by atomic mass is 16.5. The average molecular weight is 399 g/mol. The van der Waals surface area contributed by atoms with Crippen molar-refractivity contribution in [2.45, 2.75) is 40.5 Å². The summed E-state index contributed by atoms with van der Waals surface area (Å²) in [5, 5.41) is 5.78. The molecule has 0 spiro atoms. The van der Waals surface area contributed by atoms with Crippen LogP contribution in [0, 0.1) is 5.92 Å². The molecule has 2 aromatic carbocycles. The second-order valence-corrected chi connectivity index (χ2v) is 7.01. The van der Waals surface area contributed by atoms with E-state index in [1.165, 1.54) is 0 Å². The van der Waals surface area contributed by atoms with Crippen LogP contribution in [0.1, 0.15) is 50.9 Å². The van der Waals surface area contributed by atoms with Gasteiger partial charge in [-0.3, -0.25) is 9.59 Å². The summed E-state index contributed by atoms with van der Waals surface area (Å²) in [5.41, 5.74) is 1.56. The summed E-state index contributed by atoms with van der Waals surface area (Å²) in [4.78, 5) is 24.9. The normalized spacial score (nSPS) is 10.5. The van der Waals surface area contributed by atoms with Crippen molar-refractivity contribution >= 4 is 23.2 Å². The van der Waals surface area contributed by atoms with Crippen LogP contribution in [0.2, 0.25) is 0 Å². The molecule has 0 saturated carbocycles. The number of amides is 2. The summed E-state index contributed by atoms with van der Waals surface area (Å²) in [6.07, 6.45) is 1.24. The lowest BCUT2D eigenvalue weighted by Crippen LogP contribution is -2.16. The van der Waals surface area contributed by atoms with Gasteiger partial charge in [-0.05, 0) is 38.3 Å². The van der Waals surface area contributed by atoms with Crippen molar-refractivity contribution in [2.75, 3.05) is 23.8 Å². The number of anilines is 2. The molecule has 0 atom stereocenters. The molecule has 156 valence electrons. The van der Waals surface area contributed by atoms with Gasteiger partial charge >= 0.3 is 0 Å². The fourth-order valence-electron chi connectivity index (χ4n) is 2.72. The quantitative estimate of drug-likeness (QED) is 0.583. The van der Waals surface area contributed by atoms with E-state index in [-0.39, 0.29) is 11.8 Å². The first-order chi connectivity index (χ1) is 13.9. The van der Waals surface area contributed by atoms with E-state index in [0.717, 1.165) is 6.42 Å². The van der Waals surface area contributed by atoms with Gasteiger partial charge in [0.05, 0.1) is 24.6 Å². The van der Waals surface area contributed by atoms with Crippen LogP contribution in [0.15, 0.2) is 42.5 Å². The van der Waals surface area contributed by atoms with E-state index >= 15 is 0 Å². The zero-order valence-corrected chi connectivity index (χ0v) is 17.6. The minimum absolute atomic E-state index is 0.0804. The van der Waals surface area contributed by atoms with Gasteiger partial charge in [-0.2, -0.15) is 0 Å². The van der Waals surface area contributed by atoms with Gasteiger partial charge in [0.1, 0.15) is 11.5 Å². The predicted octanol–water partition coefficient (Wildman–Crippen LogP) is 5.11. The molecule has 2 aromatic rings. The molecule has 29 heavy (non-hydrogen) atoms. The minimum atomic E-state index is -0.247. The number of rotatable bonds is 10. The Morgan fingerprint density at radius 2 is 1.45 bits per heavy atom. The van der Waals surface area contributed by atoms with Crippen molar-refractivity contribution in [3.8, 4) is 11.5 Å². The van der Waals surface area contributed by atoms with E-state index in [0.29, 0.717) is 54.0 Å². The number of benzene rings is 2. The van der Waals surface area contributed by atoms with Crippen LogP contribution in [0.25, 0.3) is 0 Å². The Kier molecular flexibility index (Phi) is 8.52. The molecule has 0 heterocycles. The van der Waals surface area contributed by atoms with Crippen LogP contribution >= 0.6 is 0 Å². The molecular weight excluding hydrogens is 368 g/mol. The highest BCUT2D eigenvalue weighted by Gasteiger charge is 2.17. The van der Waals surface area contributed by atoms with Gasteiger partial charge in [-0.25, -0.2) is 0 Å². The lowest BCUT2D eigenvalue weighted by Gasteiger charge is -2.18. The number of hydrogen-bond acceptors (Lipinski definition) is 4. The van der Waals surface area contributed by atoms with Crippen LogP contribution in [-0.2, 0) is 4.79 Å². The second kappa shape index (κ2) is 11.1. The topological polar surface area (TPSA) is 76.7 Å². The van der Waals surface area contributed by atoms with Gasteiger partial charge in [0.25, 0.3) is 5.91 Å². The van der Waals surface area contributed by atoms with Crippen LogP contribution in [0.4, 0.5) is 11.4 Å². The molecule has 0 aliphatic heterocycles. The Balaban J connectivity index is 2.30. The van der Waals surface area contributed by atoms with E-state index in [4.69, 9.17) is 9.47 Å². The summed E-state index contributed by atoms with van der Waals surface area (Å²) >= 11 is 0. The first-order valence-corrected chi connectivity index (χ1v) is 10.0. The van der Waals surface area contributed by atoms with Crippen LogP contribution in [0.3, 0.4) is 0 Å². The van der Waals surface area contributed by atoms with Crippen molar-refractivity contribution in [3.05, 3.63) is 48.0 Å². The number of nitrogens with one attached hydrogen (secondary N) is 2. The highest BCUT2D eigenvalue weighted by Crippen LogP contribution is 2.37. The Morgan fingerprint density at radius 3 is 1.97 bits per heavy atom. The van der Waals surface area contributed by atoms with E-state index in [9.17, 15) is 9.59 Å². The maximum atomic E-state index is 12.6. The molecule has 6 heteroatoms. The minimum Gasteiger partial charge on any atom is -0.492 e. The number of hydrogen-bond donors (Lipinski definition) is 2. The van der Waals surface area contributed by atoms with Crippen molar-refractivity contribution < 1.29 is 19.1 Å². The fraction of sp³-hybridized carbons (Fsp3) is 0.391. The second-order valence-electron chi connectivity index (χ2n) is 7.01. The third kappa shape index (κ3) is 6.82. The Hall–Kier alpha value is -3.02. The molecular formula is C23H30N2O4. The SMILES string of the molecule is CCOc1cc(NC(=O)c2ccccc2)c(OCC)cc1NC(=O)CCC(C)C. The molecule has 0 aliphatic carbocycles. The van der Waals surface area contributed by atoms with Crippen molar-refractivity contribution in [1.29, 1.82) is 0 Å². The maximum absolute atomic E-state index is 12.6. The summed E-state index contributed by atoms with van der Waals surface area (Å²) < 4.78 is 11.4. The number of ether oxygens (including phenoxy) is 2. The Morgan fingerprint density at radius 1 is 0.897 bits per heavy atom. The zero-order chi connectivity index (χ0) is 21.2. The average Bonchev–Trinajstić information content (AvgIpc) is 2.70. The molecule has 2 amide bonds. The van der Waals surface area contributed by atoms with Gasteiger partial charge in [-0.1, -0.05) is 32.0 Å². The lowest BCUT2D eigenvalue weighted by atomic mass is 10.1. The van der Waals surface area contributed by atoms with Gasteiger partial charge in [0, 0.05) is 24.1 Å². The van der Waals surface area contributed by atoms with Gasteiger partial charge in [0.15, 0.2) is 0 Å². The van der Waals surface area contributed by atoms with Gasteiger partial charge < -0.3 is 20.1 Å². The third-order valence-corrected chi connectivity index (χ3v) is 4.19. The van der Waals surface area contributed by atoms with E-state index in [2.05, 4.69) is 24.5 Å². The summed E-state index contributed by atoms with van der Waals surface area (Å²) in [5.74, 6) is 1.07. The molecule has 0 radical (unpaired) electrons. The van der Waals surface area contributed by atoms with E-state index in [1.807, 2.05) is 19.9 Å². The van der Waals surface area contributed by atoms with E-state index in [1.54, 1.807) is 36.4 Å². The summed E-state index contributed by atoms with van der Waals surface area (Å²) in [6.45, 7) is 8.73. The van der Waals surface area contributed by atoms with E-state index < -0.39 is 0 Å². The van der Waals surface area contributed by atoms with Gasteiger partial charge in [0.2, 0.25) is 5.91 Å². The molecule has 0 bridgehead atoms. The monoisotopic (exact) mass is 398 g/mol. The molecule has 0 aromatic heterocycles.